The molecule has 0 aromatic carbocycles. The molecule has 7 nitrogen and oxygen atoms in total. The summed E-state index contributed by atoms with van der Waals surface area (Å²) >= 11 is 0. The fraction of sp³-hybridized carbons (Fsp3) is 0.765. The van der Waals surface area contributed by atoms with Crippen molar-refractivity contribution in [2.24, 2.45) is 0 Å². The average Bonchev–Trinajstić information content (AvgIpc) is 3.00. The third-order valence-corrected chi connectivity index (χ3v) is 3.89. The first kappa shape index (κ1) is 20.1. The molecule has 0 saturated heterocycles. The maximum absolute atomic E-state index is 12.4. The van der Waals surface area contributed by atoms with Crippen LogP contribution in [-0.4, -0.2) is 46.6 Å². The van der Waals surface area contributed by atoms with Crippen molar-refractivity contribution < 1.29 is 18.8 Å². The summed E-state index contributed by atoms with van der Waals surface area (Å²) in [6.07, 6.45) is 2.25. The Morgan fingerprint density at radius 1 is 1.33 bits per heavy atom. The molecule has 0 unspecified atom stereocenters. The highest BCUT2D eigenvalue weighted by atomic mass is 16.5. The first-order valence-electron chi connectivity index (χ1n) is 8.38. The summed E-state index contributed by atoms with van der Waals surface area (Å²) in [5, 5.41) is 3.97. The fourth-order valence-corrected chi connectivity index (χ4v) is 2.11. The molecule has 0 aliphatic heterocycles. The molecule has 136 valence electrons. The lowest BCUT2D eigenvalue weighted by Gasteiger charge is -2.27. The van der Waals surface area contributed by atoms with E-state index in [1.165, 1.54) is 7.11 Å². The van der Waals surface area contributed by atoms with Crippen LogP contribution in [0.3, 0.4) is 0 Å². The average molecular weight is 339 g/mol. The summed E-state index contributed by atoms with van der Waals surface area (Å²) in [5.74, 6) is 0.729. The lowest BCUT2D eigenvalue weighted by molar-refractivity contribution is -0.148. The fourth-order valence-electron chi connectivity index (χ4n) is 2.11. The summed E-state index contributed by atoms with van der Waals surface area (Å²) in [5.41, 5.74) is -0.161. The molecule has 0 saturated carbocycles. The minimum absolute atomic E-state index is 0.00695. The van der Waals surface area contributed by atoms with Crippen LogP contribution in [0.5, 0.6) is 0 Å². The van der Waals surface area contributed by atoms with Crippen LogP contribution in [-0.2, 0) is 26.2 Å². The molecule has 1 atom stereocenters. The number of ether oxygens (including phenoxy) is 1. The Bertz CT molecular complexity index is 548. The van der Waals surface area contributed by atoms with E-state index in [0.29, 0.717) is 31.0 Å². The molecule has 0 radical (unpaired) electrons. The second-order valence-electron chi connectivity index (χ2n) is 6.97. The van der Waals surface area contributed by atoms with Crippen molar-refractivity contribution in [3.63, 3.8) is 0 Å². The predicted molar refractivity (Wildman–Crippen MR) is 89.4 cm³/mol. The van der Waals surface area contributed by atoms with E-state index >= 15 is 0 Å². The van der Waals surface area contributed by atoms with E-state index in [1.807, 2.05) is 34.6 Å². The van der Waals surface area contributed by atoms with Gasteiger partial charge in [0.15, 0.2) is 5.82 Å². The molecule has 0 aliphatic carbocycles. The topological polar surface area (TPSA) is 85.5 Å². The van der Waals surface area contributed by atoms with Crippen LogP contribution in [0.4, 0.5) is 0 Å². The number of carbonyl (C=O) groups is 2. The normalized spacial score (nSPS) is 12.8. The second-order valence-corrected chi connectivity index (χ2v) is 6.97. The van der Waals surface area contributed by atoms with Gasteiger partial charge in [-0.25, -0.2) is 0 Å². The molecule has 1 aromatic rings. The van der Waals surface area contributed by atoms with Gasteiger partial charge in [-0.05, 0) is 19.8 Å². The van der Waals surface area contributed by atoms with Gasteiger partial charge in [-0.3, -0.25) is 9.59 Å². The van der Waals surface area contributed by atoms with Crippen LogP contribution in [0.2, 0.25) is 0 Å². The summed E-state index contributed by atoms with van der Waals surface area (Å²) in [6.45, 7) is 9.94. The minimum Gasteiger partial charge on any atom is -0.468 e. The quantitative estimate of drug-likeness (QED) is 0.676. The van der Waals surface area contributed by atoms with Crippen molar-refractivity contribution in [1.29, 1.82) is 0 Å². The Kier molecular flexibility index (Phi) is 7.38. The van der Waals surface area contributed by atoms with Gasteiger partial charge < -0.3 is 14.2 Å². The van der Waals surface area contributed by atoms with E-state index in [2.05, 4.69) is 14.9 Å². The zero-order valence-electron chi connectivity index (χ0n) is 15.6. The molecule has 0 spiro atoms. The van der Waals surface area contributed by atoms with E-state index < -0.39 is 5.97 Å². The molecule has 24 heavy (non-hydrogen) atoms. The van der Waals surface area contributed by atoms with Crippen molar-refractivity contribution >= 4 is 11.9 Å². The Balaban J connectivity index is 2.56. The molecule has 7 heteroatoms. The zero-order valence-corrected chi connectivity index (χ0v) is 15.6. The molecular weight excluding hydrogens is 310 g/mol. The Morgan fingerprint density at radius 3 is 2.50 bits per heavy atom. The van der Waals surface area contributed by atoms with E-state index in [4.69, 9.17) is 4.52 Å². The smallest absolute Gasteiger partial charge is 0.325 e. The number of rotatable bonds is 8. The highest BCUT2D eigenvalue weighted by molar-refractivity contribution is 5.82. The molecule has 1 amide bonds. The summed E-state index contributed by atoms with van der Waals surface area (Å²) in [4.78, 5) is 29.8. The monoisotopic (exact) mass is 339 g/mol. The van der Waals surface area contributed by atoms with E-state index in [0.717, 1.165) is 6.42 Å². The van der Waals surface area contributed by atoms with Gasteiger partial charge in [0.05, 0.1) is 7.11 Å². The van der Waals surface area contributed by atoms with Crippen molar-refractivity contribution in [1.82, 2.24) is 15.0 Å². The second kappa shape index (κ2) is 8.80. The minimum atomic E-state index is -0.407. The molecule has 1 heterocycles. The molecule has 0 bridgehead atoms. The van der Waals surface area contributed by atoms with Gasteiger partial charge in [0.1, 0.15) is 6.54 Å². The summed E-state index contributed by atoms with van der Waals surface area (Å²) < 4.78 is 9.89. The Morgan fingerprint density at radius 2 is 2.00 bits per heavy atom. The molecule has 1 aromatic heterocycles. The SMILES string of the molecule is CC[C@@H](C)N(CC(=O)OC)C(=O)CCCc1nc(C(C)(C)C)no1. The standard InChI is InChI=1S/C17H29N3O4/c1-7-12(2)20(11-15(22)23-6)14(21)10-8-9-13-18-16(19-24-13)17(3,4)5/h12H,7-11H2,1-6H3/t12-/m1/s1. The Hall–Kier alpha value is -1.92. The first-order chi connectivity index (χ1) is 11.2. The van der Waals surface area contributed by atoms with Gasteiger partial charge in [0.2, 0.25) is 11.8 Å². The van der Waals surface area contributed by atoms with Gasteiger partial charge in [-0.2, -0.15) is 4.98 Å². The number of methoxy groups -OCH3 is 1. The third-order valence-electron chi connectivity index (χ3n) is 3.89. The van der Waals surface area contributed by atoms with Crippen molar-refractivity contribution in [2.75, 3.05) is 13.7 Å². The first-order valence-corrected chi connectivity index (χ1v) is 8.38. The number of hydrogen-bond donors (Lipinski definition) is 0. The van der Waals surface area contributed by atoms with Gasteiger partial charge in [0.25, 0.3) is 0 Å². The van der Waals surface area contributed by atoms with Crippen molar-refractivity contribution in [2.45, 2.75) is 71.8 Å². The van der Waals surface area contributed by atoms with Crippen LogP contribution in [0.1, 0.15) is 65.6 Å². The van der Waals surface area contributed by atoms with Crippen molar-refractivity contribution in [3.8, 4) is 0 Å². The van der Waals surface area contributed by atoms with Crippen LogP contribution in [0.15, 0.2) is 4.52 Å². The number of carbonyl (C=O) groups excluding carboxylic acids is 2. The molecule has 0 N–H and O–H groups in total. The van der Waals surface area contributed by atoms with E-state index in [1.54, 1.807) is 4.90 Å². The van der Waals surface area contributed by atoms with Crippen LogP contribution < -0.4 is 0 Å². The molecule has 1 rings (SSSR count). The highest BCUT2D eigenvalue weighted by Crippen LogP contribution is 2.19. The van der Waals surface area contributed by atoms with Crippen molar-refractivity contribution in [3.05, 3.63) is 11.7 Å². The molecule has 0 aliphatic rings. The summed E-state index contributed by atoms with van der Waals surface area (Å²) in [6, 6.07) is -0.00695. The number of aromatic nitrogens is 2. The number of nitrogens with zero attached hydrogens (tertiary/aromatic N) is 3. The number of amides is 1. The maximum Gasteiger partial charge on any atom is 0.325 e. The van der Waals surface area contributed by atoms with Gasteiger partial charge in [0, 0.05) is 24.3 Å². The zero-order chi connectivity index (χ0) is 18.3. The van der Waals surface area contributed by atoms with Gasteiger partial charge in [-0.15, -0.1) is 0 Å². The predicted octanol–water partition coefficient (Wildman–Crippen LogP) is 2.49. The summed E-state index contributed by atoms with van der Waals surface area (Å²) in [7, 11) is 1.32. The highest BCUT2D eigenvalue weighted by Gasteiger charge is 2.23. The van der Waals surface area contributed by atoms with E-state index in [-0.39, 0.29) is 23.9 Å². The van der Waals surface area contributed by atoms with E-state index in [9.17, 15) is 9.59 Å². The van der Waals surface area contributed by atoms with Gasteiger partial charge in [-0.1, -0.05) is 32.9 Å². The lowest BCUT2D eigenvalue weighted by atomic mass is 9.96. The van der Waals surface area contributed by atoms with Crippen LogP contribution in [0, 0.1) is 0 Å². The van der Waals surface area contributed by atoms with Crippen LogP contribution in [0.25, 0.3) is 0 Å². The van der Waals surface area contributed by atoms with Crippen LogP contribution >= 0.6 is 0 Å². The Labute approximate surface area is 143 Å². The van der Waals surface area contributed by atoms with Gasteiger partial charge >= 0.3 is 5.97 Å². The maximum atomic E-state index is 12.4. The number of hydrogen-bond acceptors (Lipinski definition) is 6. The molecule has 0 fully saturated rings. The largest absolute Gasteiger partial charge is 0.468 e. The number of aryl methyl sites for hydroxylation is 1. The number of esters is 1. The molecular formula is C17H29N3O4. The third kappa shape index (κ3) is 5.94. The lowest BCUT2D eigenvalue weighted by Crippen LogP contribution is -2.42.